The number of carbonyl (C=O) groups is 1. The summed E-state index contributed by atoms with van der Waals surface area (Å²) in [5, 5.41) is 3.58. The van der Waals surface area contributed by atoms with Crippen molar-refractivity contribution >= 4 is 17.7 Å². The molecule has 4 aliphatic rings. The van der Waals surface area contributed by atoms with Gasteiger partial charge in [-0.1, -0.05) is 68.7 Å². The zero-order chi connectivity index (χ0) is 25.2. The molecule has 3 fully saturated rings. The van der Waals surface area contributed by atoms with E-state index in [1.165, 1.54) is 80.2 Å². The maximum absolute atomic E-state index is 13.5. The first-order chi connectivity index (χ1) is 18.2. The van der Waals surface area contributed by atoms with Crippen LogP contribution in [0.25, 0.3) is 6.08 Å². The van der Waals surface area contributed by atoms with Gasteiger partial charge in [-0.15, -0.1) is 0 Å². The molecule has 0 saturated heterocycles. The highest BCUT2D eigenvalue weighted by Gasteiger charge is 2.48. The van der Waals surface area contributed by atoms with Crippen LogP contribution in [-0.2, 0) is 0 Å². The Morgan fingerprint density at radius 1 is 1.00 bits per heavy atom. The molecule has 1 amide bonds. The molecule has 1 aliphatic heterocycles. The van der Waals surface area contributed by atoms with E-state index < -0.39 is 0 Å². The lowest BCUT2D eigenvalue weighted by molar-refractivity contribution is 0.0745. The van der Waals surface area contributed by atoms with Crippen molar-refractivity contribution in [3.63, 3.8) is 0 Å². The molecule has 3 aliphatic carbocycles. The number of benzene rings is 2. The van der Waals surface area contributed by atoms with Crippen LogP contribution in [0.4, 0.5) is 5.69 Å². The van der Waals surface area contributed by atoms with Gasteiger partial charge in [0.15, 0.2) is 0 Å². The molecule has 0 radical (unpaired) electrons. The van der Waals surface area contributed by atoms with Crippen molar-refractivity contribution in [1.29, 1.82) is 0 Å². The molecule has 0 bridgehead atoms. The first-order valence-corrected chi connectivity index (χ1v) is 15.1. The van der Waals surface area contributed by atoms with Crippen molar-refractivity contribution in [2.45, 2.75) is 89.4 Å². The zero-order valence-corrected chi connectivity index (χ0v) is 22.7. The van der Waals surface area contributed by atoms with Crippen LogP contribution in [0.3, 0.4) is 0 Å². The van der Waals surface area contributed by atoms with Crippen LogP contribution >= 0.6 is 0 Å². The summed E-state index contributed by atoms with van der Waals surface area (Å²) in [6.45, 7) is 4.87. The lowest BCUT2D eigenvalue weighted by Gasteiger charge is -2.31. The largest absolute Gasteiger partial charge is 0.381 e. The Labute approximate surface area is 223 Å². The van der Waals surface area contributed by atoms with Crippen molar-refractivity contribution < 1.29 is 4.79 Å². The average Bonchev–Trinajstić information content (AvgIpc) is 3.88. The van der Waals surface area contributed by atoms with Gasteiger partial charge in [0.2, 0.25) is 0 Å². The summed E-state index contributed by atoms with van der Waals surface area (Å²) in [5.41, 5.74) is 6.92. The fourth-order valence-corrected chi connectivity index (χ4v) is 7.49. The van der Waals surface area contributed by atoms with E-state index in [1.807, 2.05) is 0 Å². The van der Waals surface area contributed by atoms with Gasteiger partial charge in [0.1, 0.15) is 0 Å². The number of carbonyl (C=O) groups excluding carboxylic acids is 1. The maximum Gasteiger partial charge on any atom is 0.253 e. The van der Waals surface area contributed by atoms with Gasteiger partial charge in [-0.05, 0) is 103 Å². The van der Waals surface area contributed by atoms with E-state index in [0.29, 0.717) is 17.3 Å². The quantitative estimate of drug-likeness (QED) is 0.358. The van der Waals surface area contributed by atoms with Gasteiger partial charge in [0.25, 0.3) is 5.91 Å². The topological polar surface area (TPSA) is 32.3 Å². The fourth-order valence-electron chi connectivity index (χ4n) is 7.49. The molecular formula is C34H44N2O. The fraction of sp³-hybridized carbons (Fsp3) is 0.559. The van der Waals surface area contributed by atoms with Gasteiger partial charge in [0, 0.05) is 30.9 Å². The number of amides is 1. The summed E-state index contributed by atoms with van der Waals surface area (Å²) in [5.74, 6) is 2.32. The van der Waals surface area contributed by atoms with E-state index in [2.05, 4.69) is 71.8 Å². The molecule has 2 atom stereocenters. The summed E-state index contributed by atoms with van der Waals surface area (Å²) >= 11 is 0. The number of fused-ring (bicyclic) bond motifs is 1. The molecule has 1 N–H and O–H groups in total. The number of nitrogens with one attached hydrogen (secondary N) is 1. The third kappa shape index (κ3) is 5.24. The Balaban J connectivity index is 1.06. The van der Waals surface area contributed by atoms with Crippen LogP contribution < -0.4 is 5.32 Å². The molecule has 0 spiro atoms. The Kier molecular flexibility index (Phi) is 7.14. The molecule has 0 aromatic heterocycles. The second-order valence-corrected chi connectivity index (χ2v) is 12.3. The number of nitrogens with zero attached hydrogens (tertiary/aromatic N) is 1. The van der Waals surface area contributed by atoms with E-state index in [-0.39, 0.29) is 5.91 Å². The van der Waals surface area contributed by atoms with Crippen molar-refractivity contribution in [2.75, 3.05) is 25.0 Å². The molecular weight excluding hydrogens is 452 g/mol. The predicted octanol–water partition coefficient (Wildman–Crippen LogP) is 8.39. The van der Waals surface area contributed by atoms with Gasteiger partial charge >= 0.3 is 0 Å². The van der Waals surface area contributed by atoms with Crippen LogP contribution in [0, 0.1) is 11.3 Å². The number of rotatable bonds is 10. The second kappa shape index (κ2) is 10.7. The third-order valence-corrected chi connectivity index (χ3v) is 9.85. The van der Waals surface area contributed by atoms with E-state index in [1.54, 1.807) is 0 Å². The second-order valence-electron chi connectivity index (χ2n) is 12.3. The van der Waals surface area contributed by atoms with Gasteiger partial charge in [0.05, 0.1) is 0 Å². The molecule has 6 rings (SSSR count). The van der Waals surface area contributed by atoms with Crippen LogP contribution in [0.1, 0.15) is 116 Å². The maximum atomic E-state index is 13.5. The zero-order valence-electron chi connectivity index (χ0n) is 22.7. The summed E-state index contributed by atoms with van der Waals surface area (Å²) in [4.78, 5) is 15.6. The highest BCUT2D eigenvalue weighted by molar-refractivity contribution is 5.94. The molecule has 2 aromatic carbocycles. The molecule has 37 heavy (non-hydrogen) atoms. The van der Waals surface area contributed by atoms with Crippen molar-refractivity contribution in [2.24, 2.45) is 11.3 Å². The predicted molar refractivity (Wildman–Crippen MR) is 154 cm³/mol. The van der Waals surface area contributed by atoms with Gasteiger partial charge in [-0.2, -0.15) is 0 Å². The van der Waals surface area contributed by atoms with Crippen molar-refractivity contribution in [1.82, 2.24) is 4.90 Å². The third-order valence-electron chi connectivity index (χ3n) is 9.85. The summed E-state index contributed by atoms with van der Waals surface area (Å²) < 4.78 is 0. The van der Waals surface area contributed by atoms with Crippen molar-refractivity contribution in [3.05, 3.63) is 70.8 Å². The number of anilines is 1. The van der Waals surface area contributed by atoms with Crippen LogP contribution in [-0.4, -0.2) is 30.4 Å². The minimum Gasteiger partial charge on any atom is -0.381 e. The van der Waals surface area contributed by atoms with Gasteiger partial charge in [-0.25, -0.2) is 0 Å². The van der Waals surface area contributed by atoms with Gasteiger partial charge in [-0.3, -0.25) is 4.79 Å². The molecule has 1 heterocycles. The molecule has 3 saturated carbocycles. The van der Waals surface area contributed by atoms with Gasteiger partial charge < -0.3 is 10.2 Å². The van der Waals surface area contributed by atoms with E-state index >= 15 is 0 Å². The minimum atomic E-state index is 0.219. The standard InChI is InChI=1S/C34H44N2O/c1-2-22-36(23-8-18-34(19-20-34)28-11-4-3-5-12-28)33(37)27-16-14-25(15-17-27)30-24-31(30)29-13-6-9-26-10-7-21-35-32(26)29/h6-7,9-10,13-17,28,30-31,35H,2-5,8,11-12,18-24H2,1H3. The minimum absolute atomic E-state index is 0.219. The Bertz CT molecular complexity index is 1120. The molecule has 2 aromatic rings. The average molecular weight is 497 g/mol. The van der Waals surface area contributed by atoms with Crippen LogP contribution in [0.2, 0.25) is 0 Å². The van der Waals surface area contributed by atoms with E-state index in [9.17, 15) is 4.79 Å². The van der Waals surface area contributed by atoms with Crippen LogP contribution in [0.5, 0.6) is 0 Å². The molecule has 3 heteroatoms. The molecule has 196 valence electrons. The summed E-state index contributed by atoms with van der Waals surface area (Å²) in [7, 11) is 0. The van der Waals surface area contributed by atoms with E-state index in [0.717, 1.165) is 44.0 Å². The smallest absolute Gasteiger partial charge is 0.253 e. The Hall–Kier alpha value is -2.55. The highest BCUT2D eigenvalue weighted by atomic mass is 16.2. The Morgan fingerprint density at radius 2 is 1.81 bits per heavy atom. The molecule has 2 unspecified atom stereocenters. The number of para-hydroxylation sites is 1. The number of hydrogen-bond acceptors (Lipinski definition) is 2. The molecule has 3 nitrogen and oxygen atoms in total. The summed E-state index contributed by atoms with van der Waals surface area (Å²) in [6.07, 6.45) is 19.2. The first kappa shape index (κ1) is 24.8. The summed E-state index contributed by atoms with van der Waals surface area (Å²) in [6, 6.07) is 15.3. The lowest BCUT2D eigenvalue weighted by Crippen LogP contribution is -2.33. The van der Waals surface area contributed by atoms with Crippen molar-refractivity contribution in [3.8, 4) is 0 Å². The monoisotopic (exact) mass is 496 g/mol. The van der Waals surface area contributed by atoms with Crippen LogP contribution in [0.15, 0.2) is 48.5 Å². The number of hydrogen-bond donors (Lipinski definition) is 1. The first-order valence-electron chi connectivity index (χ1n) is 15.1. The lowest BCUT2D eigenvalue weighted by atomic mass is 9.75. The normalized spacial score (nSPS) is 23.7. The van der Waals surface area contributed by atoms with E-state index in [4.69, 9.17) is 0 Å². The highest BCUT2D eigenvalue weighted by Crippen LogP contribution is 2.59. The Morgan fingerprint density at radius 3 is 2.57 bits per heavy atom. The SMILES string of the molecule is CCCN(CCCC1(C2CCCCC2)CC1)C(=O)c1ccc(C2CC2c2cccc3c2NCC=C3)cc1.